The number of hydrazone groups is 1. The van der Waals surface area contributed by atoms with Gasteiger partial charge in [0.05, 0.1) is 17.8 Å². The molecule has 0 saturated carbocycles. The number of hydrogen-bond donors (Lipinski definition) is 2. The highest BCUT2D eigenvalue weighted by molar-refractivity contribution is 9.13. The number of halogens is 2. The Balaban J connectivity index is 1.70. The number of amides is 1. The third-order valence-corrected chi connectivity index (χ3v) is 6.69. The Morgan fingerprint density at radius 1 is 1.27 bits per heavy atom. The van der Waals surface area contributed by atoms with Crippen molar-refractivity contribution in [2.45, 2.75) is 32.3 Å². The van der Waals surface area contributed by atoms with Crippen molar-refractivity contribution in [3.63, 3.8) is 0 Å². The minimum atomic E-state index is -0.825. The highest BCUT2D eigenvalue weighted by Crippen LogP contribution is 2.41. The normalized spacial score (nSPS) is 15.9. The van der Waals surface area contributed by atoms with E-state index < -0.39 is 12.0 Å². The van der Waals surface area contributed by atoms with E-state index in [0.717, 1.165) is 5.56 Å². The standard InChI is InChI=1S/C21H22Br2N2O5/c1-21(2,3)12-5-6-13-14(8-12)30-16(10-29-13)20(27)25-24-9-11-7-15(28-4)19(26)18(23)17(11)22/h5-9,16,26H,10H2,1-4H3,(H,25,27)/b24-9+/t16-/m1/s1. The van der Waals surface area contributed by atoms with Crippen LogP contribution < -0.4 is 19.6 Å². The van der Waals surface area contributed by atoms with Crippen LogP contribution in [0.25, 0.3) is 0 Å². The number of rotatable bonds is 4. The Morgan fingerprint density at radius 2 is 2.00 bits per heavy atom. The summed E-state index contributed by atoms with van der Waals surface area (Å²) < 4.78 is 17.6. The molecule has 160 valence electrons. The molecule has 2 aromatic carbocycles. The summed E-state index contributed by atoms with van der Waals surface area (Å²) in [6, 6.07) is 7.34. The van der Waals surface area contributed by atoms with Gasteiger partial charge in [0, 0.05) is 10.0 Å². The number of phenolic OH excluding ortho intramolecular Hbond substituents is 1. The van der Waals surface area contributed by atoms with Gasteiger partial charge in [-0.1, -0.05) is 26.8 Å². The van der Waals surface area contributed by atoms with Crippen LogP contribution in [0.3, 0.4) is 0 Å². The van der Waals surface area contributed by atoms with Crippen LogP contribution in [-0.4, -0.2) is 37.0 Å². The number of carbonyl (C=O) groups is 1. The molecule has 0 spiro atoms. The number of nitrogens with zero attached hydrogens (tertiary/aromatic N) is 1. The fraction of sp³-hybridized carbons (Fsp3) is 0.333. The lowest BCUT2D eigenvalue weighted by atomic mass is 9.87. The van der Waals surface area contributed by atoms with Crippen LogP contribution in [0.15, 0.2) is 38.3 Å². The topological polar surface area (TPSA) is 89.4 Å². The zero-order valence-electron chi connectivity index (χ0n) is 17.0. The van der Waals surface area contributed by atoms with Crippen LogP contribution in [0.5, 0.6) is 23.0 Å². The number of nitrogens with one attached hydrogen (secondary N) is 1. The molecule has 0 saturated heterocycles. The molecule has 0 aliphatic carbocycles. The predicted octanol–water partition coefficient (Wildman–Crippen LogP) is 4.51. The van der Waals surface area contributed by atoms with Crippen molar-refractivity contribution in [1.29, 1.82) is 0 Å². The molecule has 0 unspecified atom stereocenters. The van der Waals surface area contributed by atoms with Crippen LogP contribution in [0.2, 0.25) is 0 Å². The number of fused-ring (bicyclic) bond motifs is 1. The highest BCUT2D eigenvalue weighted by atomic mass is 79.9. The third kappa shape index (κ3) is 4.73. The van der Waals surface area contributed by atoms with Gasteiger partial charge in [-0.3, -0.25) is 4.79 Å². The first kappa shape index (κ1) is 22.4. The van der Waals surface area contributed by atoms with Crippen LogP contribution in [0.1, 0.15) is 31.9 Å². The van der Waals surface area contributed by atoms with Crippen molar-refractivity contribution in [3.8, 4) is 23.0 Å². The molecule has 1 atom stereocenters. The molecule has 3 rings (SSSR count). The van der Waals surface area contributed by atoms with Gasteiger partial charge in [0.25, 0.3) is 5.91 Å². The minimum absolute atomic E-state index is 0.0355. The minimum Gasteiger partial charge on any atom is -0.503 e. The number of hydrogen-bond acceptors (Lipinski definition) is 6. The van der Waals surface area contributed by atoms with Gasteiger partial charge in [-0.05, 0) is 61.0 Å². The van der Waals surface area contributed by atoms with Gasteiger partial charge >= 0.3 is 0 Å². The molecule has 2 N–H and O–H groups in total. The molecule has 7 nitrogen and oxygen atoms in total. The number of aromatic hydroxyl groups is 1. The number of phenols is 1. The van der Waals surface area contributed by atoms with E-state index in [2.05, 4.69) is 63.2 Å². The molecule has 0 aromatic heterocycles. The van der Waals surface area contributed by atoms with Gasteiger partial charge in [-0.15, -0.1) is 0 Å². The molecular weight excluding hydrogens is 520 g/mol. The van der Waals surface area contributed by atoms with E-state index in [1.807, 2.05) is 18.2 Å². The summed E-state index contributed by atoms with van der Waals surface area (Å²) in [6.45, 7) is 6.40. The summed E-state index contributed by atoms with van der Waals surface area (Å²) in [6.07, 6.45) is 0.610. The van der Waals surface area contributed by atoms with Gasteiger partial charge in [0.1, 0.15) is 6.61 Å². The Morgan fingerprint density at radius 3 is 2.67 bits per heavy atom. The Bertz CT molecular complexity index is 1000. The van der Waals surface area contributed by atoms with E-state index in [0.29, 0.717) is 26.0 Å². The van der Waals surface area contributed by atoms with Gasteiger partial charge in [-0.25, -0.2) is 5.43 Å². The summed E-state index contributed by atoms with van der Waals surface area (Å²) in [4.78, 5) is 12.5. The molecule has 1 heterocycles. The van der Waals surface area contributed by atoms with Crippen LogP contribution >= 0.6 is 31.9 Å². The van der Waals surface area contributed by atoms with E-state index >= 15 is 0 Å². The van der Waals surface area contributed by atoms with E-state index in [4.69, 9.17) is 14.2 Å². The van der Waals surface area contributed by atoms with Gasteiger partial charge in [0.2, 0.25) is 6.10 Å². The molecule has 0 bridgehead atoms. The van der Waals surface area contributed by atoms with Crippen LogP contribution in [0.4, 0.5) is 0 Å². The second-order valence-electron chi connectivity index (χ2n) is 7.71. The third-order valence-electron chi connectivity index (χ3n) is 4.53. The smallest absolute Gasteiger partial charge is 0.284 e. The van der Waals surface area contributed by atoms with E-state index in [1.165, 1.54) is 13.3 Å². The lowest BCUT2D eigenvalue weighted by Gasteiger charge is -2.27. The van der Waals surface area contributed by atoms with E-state index in [1.54, 1.807) is 6.07 Å². The Kier molecular flexibility index (Phi) is 6.62. The lowest BCUT2D eigenvalue weighted by molar-refractivity contribution is -0.130. The molecule has 2 aromatic rings. The predicted molar refractivity (Wildman–Crippen MR) is 121 cm³/mol. The molecule has 9 heteroatoms. The Labute approximate surface area is 191 Å². The number of benzene rings is 2. The van der Waals surface area contributed by atoms with Crippen molar-refractivity contribution in [3.05, 3.63) is 44.3 Å². The monoisotopic (exact) mass is 540 g/mol. The van der Waals surface area contributed by atoms with Crippen molar-refractivity contribution < 1.29 is 24.1 Å². The number of methoxy groups -OCH3 is 1. The maximum Gasteiger partial charge on any atom is 0.284 e. The fourth-order valence-corrected chi connectivity index (χ4v) is 3.60. The number of carbonyl (C=O) groups excluding carboxylic acids is 1. The molecular formula is C21H22Br2N2O5. The van der Waals surface area contributed by atoms with Gasteiger partial charge in [0.15, 0.2) is 23.0 Å². The molecule has 0 radical (unpaired) electrons. The Hall–Kier alpha value is -2.26. The zero-order chi connectivity index (χ0) is 22.1. The summed E-state index contributed by atoms with van der Waals surface area (Å²) in [5, 5.41) is 14.0. The second-order valence-corrected chi connectivity index (χ2v) is 9.29. The average molecular weight is 542 g/mol. The molecule has 1 amide bonds. The largest absolute Gasteiger partial charge is 0.503 e. The molecule has 1 aliphatic rings. The molecule has 30 heavy (non-hydrogen) atoms. The highest BCUT2D eigenvalue weighted by Gasteiger charge is 2.28. The fourth-order valence-electron chi connectivity index (χ4n) is 2.77. The SMILES string of the molecule is COc1cc(/C=N/NC(=O)[C@H]2COc3ccc(C(C)(C)C)cc3O2)c(Br)c(Br)c1O. The average Bonchev–Trinajstić information content (AvgIpc) is 2.72. The first-order valence-electron chi connectivity index (χ1n) is 9.13. The first-order valence-corrected chi connectivity index (χ1v) is 10.7. The molecule has 0 fully saturated rings. The van der Waals surface area contributed by atoms with Gasteiger partial charge < -0.3 is 19.3 Å². The van der Waals surface area contributed by atoms with Crippen molar-refractivity contribution in [2.24, 2.45) is 5.10 Å². The first-order chi connectivity index (χ1) is 14.1. The lowest BCUT2D eigenvalue weighted by Crippen LogP contribution is -2.42. The maximum atomic E-state index is 12.5. The zero-order valence-corrected chi connectivity index (χ0v) is 20.1. The van der Waals surface area contributed by atoms with Crippen molar-refractivity contribution >= 4 is 44.0 Å². The number of ether oxygens (including phenoxy) is 3. The van der Waals surface area contributed by atoms with E-state index in [9.17, 15) is 9.90 Å². The summed E-state index contributed by atoms with van der Waals surface area (Å²) in [5.74, 6) is 0.951. The second kappa shape index (κ2) is 8.85. The van der Waals surface area contributed by atoms with E-state index in [-0.39, 0.29) is 23.5 Å². The van der Waals surface area contributed by atoms with Crippen molar-refractivity contribution in [2.75, 3.05) is 13.7 Å². The summed E-state index contributed by atoms with van der Waals surface area (Å²) in [5.41, 5.74) is 4.09. The van der Waals surface area contributed by atoms with Crippen LogP contribution in [-0.2, 0) is 10.2 Å². The van der Waals surface area contributed by atoms with Gasteiger partial charge in [-0.2, -0.15) is 5.10 Å². The summed E-state index contributed by atoms with van der Waals surface area (Å²) >= 11 is 6.65. The van der Waals surface area contributed by atoms with Crippen molar-refractivity contribution in [1.82, 2.24) is 5.43 Å². The summed E-state index contributed by atoms with van der Waals surface area (Å²) in [7, 11) is 1.45. The molecule has 1 aliphatic heterocycles. The maximum absolute atomic E-state index is 12.5. The van der Waals surface area contributed by atoms with Crippen LogP contribution in [0, 0.1) is 0 Å². The quantitative estimate of drug-likeness (QED) is 0.439.